The van der Waals surface area contributed by atoms with Crippen molar-refractivity contribution in [2.45, 2.75) is 32.9 Å². The molecule has 3 amide bonds. The second kappa shape index (κ2) is 9.50. The highest BCUT2D eigenvalue weighted by atomic mass is 79.9. The lowest BCUT2D eigenvalue weighted by Crippen LogP contribution is -2.51. The van der Waals surface area contributed by atoms with Crippen LogP contribution in [-0.4, -0.2) is 60.5 Å². The Balaban J connectivity index is 1.67. The lowest BCUT2D eigenvalue weighted by atomic mass is 10.3. The van der Waals surface area contributed by atoms with Gasteiger partial charge < -0.3 is 5.32 Å². The van der Waals surface area contributed by atoms with Gasteiger partial charge in [-0.25, -0.2) is 4.79 Å². The first-order valence-electron chi connectivity index (χ1n) is 8.25. The number of carbonyl (C=O) groups excluding carboxylic acids is 2. The van der Waals surface area contributed by atoms with Gasteiger partial charge in [0.05, 0.1) is 10.3 Å². The monoisotopic (exact) mass is 416 g/mol. The number of imide groups is 1. The number of piperazine rings is 1. The van der Waals surface area contributed by atoms with Crippen molar-refractivity contribution >= 4 is 39.2 Å². The SMILES string of the molecule is CC[C@H](C)NC(=O)NC(=O)CN1CCN(Cc2ccc(Br)s2)CC1. The van der Waals surface area contributed by atoms with Gasteiger partial charge >= 0.3 is 6.03 Å². The van der Waals surface area contributed by atoms with Gasteiger partial charge in [0.1, 0.15) is 0 Å². The standard InChI is InChI=1S/C16H25BrN4O2S/c1-3-12(2)18-16(23)19-15(22)11-21-8-6-20(7-9-21)10-13-4-5-14(17)24-13/h4-5,12H,3,6-11H2,1-2H3,(H2,18,19,22,23)/t12-/m0/s1. The number of amides is 3. The molecule has 1 atom stereocenters. The van der Waals surface area contributed by atoms with Crippen molar-refractivity contribution in [3.8, 4) is 0 Å². The second-order valence-corrected chi connectivity index (χ2v) is 8.64. The van der Waals surface area contributed by atoms with Crippen LogP contribution in [0.2, 0.25) is 0 Å². The summed E-state index contributed by atoms with van der Waals surface area (Å²) >= 11 is 5.25. The minimum Gasteiger partial charge on any atom is -0.335 e. The third-order valence-corrected chi connectivity index (χ3v) is 5.69. The fourth-order valence-corrected chi connectivity index (χ4v) is 4.02. The molecule has 1 aliphatic heterocycles. The number of rotatable bonds is 6. The van der Waals surface area contributed by atoms with Crippen LogP contribution in [0.15, 0.2) is 15.9 Å². The van der Waals surface area contributed by atoms with Gasteiger partial charge in [0.2, 0.25) is 5.91 Å². The first-order chi connectivity index (χ1) is 11.5. The first-order valence-corrected chi connectivity index (χ1v) is 9.86. The van der Waals surface area contributed by atoms with Crippen molar-refractivity contribution in [3.63, 3.8) is 0 Å². The third-order valence-electron chi connectivity index (χ3n) is 4.08. The van der Waals surface area contributed by atoms with Crippen LogP contribution in [0.25, 0.3) is 0 Å². The number of nitrogens with zero attached hydrogens (tertiary/aromatic N) is 2. The van der Waals surface area contributed by atoms with Gasteiger partial charge in [-0.15, -0.1) is 11.3 Å². The molecule has 1 aromatic rings. The number of halogens is 1. The van der Waals surface area contributed by atoms with Crippen LogP contribution in [0, 0.1) is 0 Å². The molecule has 0 unspecified atom stereocenters. The number of urea groups is 1. The van der Waals surface area contributed by atoms with Gasteiger partial charge in [0.25, 0.3) is 0 Å². The highest BCUT2D eigenvalue weighted by Crippen LogP contribution is 2.23. The Morgan fingerprint density at radius 1 is 1.25 bits per heavy atom. The van der Waals surface area contributed by atoms with Crippen LogP contribution in [0.4, 0.5) is 4.79 Å². The molecule has 1 fully saturated rings. The van der Waals surface area contributed by atoms with E-state index in [1.54, 1.807) is 11.3 Å². The van der Waals surface area contributed by atoms with Crippen LogP contribution in [0.5, 0.6) is 0 Å². The fraction of sp³-hybridized carbons (Fsp3) is 0.625. The molecule has 24 heavy (non-hydrogen) atoms. The Morgan fingerprint density at radius 2 is 1.92 bits per heavy atom. The molecule has 2 rings (SSSR count). The molecule has 6 nitrogen and oxygen atoms in total. The molecule has 0 bridgehead atoms. The smallest absolute Gasteiger partial charge is 0.321 e. The molecule has 2 heterocycles. The normalized spacial score (nSPS) is 17.5. The fourth-order valence-electron chi connectivity index (χ4n) is 2.49. The Morgan fingerprint density at radius 3 is 2.50 bits per heavy atom. The highest BCUT2D eigenvalue weighted by molar-refractivity contribution is 9.11. The van der Waals surface area contributed by atoms with Crippen molar-refractivity contribution in [2.75, 3.05) is 32.7 Å². The summed E-state index contributed by atoms with van der Waals surface area (Å²) in [6.45, 7) is 8.67. The quantitative estimate of drug-likeness (QED) is 0.746. The van der Waals surface area contributed by atoms with E-state index >= 15 is 0 Å². The molecule has 1 aromatic heterocycles. The summed E-state index contributed by atoms with van der Waals surface area (Å²) in [5.41, 5.74) is 0. The summed E-state index contributed by atoms with van der Waals surface area (Å²) in [6, 6.07) is 3.88. The lowest BCUT2D eigenvalue weighted by molar-refractivity contribution is -0.121. The molecule has 0 saturated carbocycles. The lowest BCUT2D eigenvalue weighted by Gasteiger charge is -2.33. The molecular formula is C16H25BrN4O2S. The largest absolute Gasteiger partial charge is 0.335 e. The summed E-state index contributed by atoms with van der Waals surface area (Å²) in [7, 11) is 0. The van der Waals surface area contributed by atoms with E-state index in [1.165, 1.54) is 4.88 Å². The Bertz CT molecular complexity index is 558. The molecule has 0 aromatic carbocycles. The molecule has 2 N–H and O–H groups in total. The molecule has 0 radical (unpaired) electrons. The Hall–Kier alpha value is -0.960. The molecule has 134 valence electrons. The molecule has 0 spiro atoms. The molecule has 0 aliphatic carbocycles. The summed E-state index contributed by atoms with van der Waals surface area (Å²) in [5, 5.41) is 5.13. The van der Waals surface area contributed by atoms with E-state index in [0.29, 0.717) is 0 Å². The Labute approximate surface area is 155 Å². The number of carbonyl (C=O) groups is 2. The van der Waals surface area contributed by atoms with E-state index < -0.39 is 6.03 Å². The van der Waals surface area contributed by atoms with Crippen LogP contribution in [0.3, 0.4) is 0 Å². The zero-order valence-corrected chi connectivity index (χ0v) is 16.6. The van der Waals surface area contributed by atoms with Gasteiger partial charge in [0, 0.05) is 43.6 Å². The average molecular weight is 417 g/mol. The van der Waals surface area contributed by atoms with Gasteiger partial charge in [-0.2, -0.15) is 0 Å². The number of thiophene rings is 1. The summed E-state index contributed by atoms with van der Waals surface area (Å²) in [6.07, 6.45) is 0.838. The van der Waals surface area contributed by atoms with Crippen LogP contribution in [-0.2, 0) is 11.3 Å². The van der Waals surface area contributed by atoms with Gasteiger partial charge in [-0.1, -0.05) is 6.92 Å². The Kier molecular flexibility index (Phi) is 7.67. The van der Waals surface area contributed by atoms with Crippen molar-refractivity contribution in [1.82, 2.24) is 20.4 Å². The highest BCUT2D eigenvalue weighted by Gasteiger charge is 2.20. The molecule has 1 saturated heterocycles. The maximum Gasteiger partial charge on any atom is 0.321 e. The maximum atomic E-state index is 11.9. The number of hydrogen-bond donors (Lipinski definition) is 2. The summed E-state index contributed by atoms with van der Waals surface area (Å²) in [4.78, 5) is 29.4. The van der Waals surface area contributed by atoms with Crippen molar-refractivity contribution in [2.24, 2.45) is 0 Å². The predicted molar refractivity (Wildman–Crippen MR) is 100 cm³/mol. The minimum absolute atomic E-state index is 0.0682. The van der Waals surface area contributed by atoms with E-state index in [2.05, 4.69) is 48.5 Å². The first kappa shape index (κ1) is 19.4. The predicted octanol–water partition coefficient (Wildman–Crippen LogP) is 2.25. The topological polar surface area (TPSA) is 64.7 Å². The van der Waals surface area contributed by atoms with E-state index in [4.69, 9.17) is 0 Å². The molecular weight excluding hydrogens is 392 g/mol. The van der Waals surface area contributed by atoms with E-state index in [9.17, 15) is 9.59 Å². The number of hydrogen-bond acceptors (Lipinski definition) is 5. The zero-order valence-electron chi connectivity index (χ0n) is 14.2. The third kappa shape index (κ3) is 6.51. The maximum absolute atomic E-state index is 11.9. The van der Waals surface area contributed by atoms with Crippen LogP contribution >= 0.6 is 27.3 Å². The van der Waals surface area contributed by atoms with Gasteiger partial charge in [-0.3, -0.25) is 19.9 Å². The van der Waals surface area contributed by atoms with Crippen molar-refractivity contribution in [3.05, 3.63) is 20.8 Å². The van der Waals surface area contributed by atoms with Crippen molar-refractivity contribution < 1.29 is 9.59 Å². The average Bonchev–Trinajstić information content (AvgIpc) is 2.94. The molecule has 8 heteroatoms. The van der Waals surface area contributed by atoms with Crippen LogP contribution < -0.4 is 10.6 Å². The zero-order chi connectivity index (χ0) is 17.5. The second-order valence-electron chi connectivity index (χ2n) is 6.09. The van der Waals surface area contributed by atoms with Gasteiger partial charge in [0.15, 0.2) is 0 Å². The van der Waals surface area contributed by atoms with E-state index in [1.807, 2.05) is 13.8 Å². The van der Waals surface area contributed by atoms with Gasteiger partial charge in [-0.05, 0) is 41.4 Å². The van der Waals surface area contributed by atoms with Crippen LogP contribution in [0.1, 0.15) is 25.1 Å². The summed E-state index contributed by atoms with van der Waals surface area (Å²) in [5.74, 6) is -0.244. The van der Waals surface area contributed by atoms with Crippen molar-refractivity contribution in [1.29, 1.82) is 0 Å². The molecule has 1 aliphatic rings. The minimum atomic E-state index is -0.406. The van der Waals surface area contributed by atoms with E-state index in [-0.39, 0.29) is 18.5 Å². The number of nitrogens with one attached hydrogen (secondary N) is 2. The summed E-state index contributed by atoms with van der Waals surface area (Å²) < 4.78 is 1.16. The van der Waals surface area contributed by atoms with E-state index in [0.717, 1.165) is 42.9 Å².